The second-order valence-corrected chi connectivity index (χ2v) is 6.10. The zero-order chi connectivity index (χ0) is 15.3. The summed E-state index contributed by atoms with van der Waals surface area (Å²) in [5, 5.41) is 0. The van der Waals surface area contributed by atoms with E-state index in [1.165, 1.54) is 12.1 Å². The van der Waals surface area contributed by atoms with Gasteiger partial charge in [0.1, 0.15) is 6.61 Å². The van der Waals surface area contributed by atoms with Gasteiger partial charge in [-0.1, -0.05) is 43.7 Å². The normalized spacial score (nSPS) is 26.8. The van der Waals surface area contributed by atoms with Crippen LogP contribution in [0.2, 0.25) is 0 Å². The van der Waals surface area contributed by atoms with Crippen LogP contribution in [0.15, 0.2) is 30.3 Å². The summed E-state index contributed by atoms with van der Waals surface area (Å²) >= 11 is 0. The van der Waals surface area contributed by atoms with Crippen LogP contribution in [0.5, 0.6) is 0 Å². The van der Waals surface area contributed by atoms with Crippen LogP contribution in [-0.2, 0) is 10.7 Å². The second kappa shape index (κ2) is 6.84. The highest BCUT2D eigenvalue weighted by Gasteiger charge is 2.39. The van der Waals surface area contributed by atoms with Gasteiger partial charge in [-0.05, 0) is 31.6 Å². The zero-order valence-electron chi connectivity index (χ0n) is 12.7. The van der Waals surface area contributed by atoms with Crippen molar-refractivity contribution in [2.75, 3.05) is 13.2 Å². The molecule has 0 amide bonds. The molecule has 2 nitrogen and oxygen atoms in total. The summed E-state index contributed by atoms with van der Waals surface area (Å²) in [6.45, 7) is 1.89. The Hall–Kier alpha value is -1.00. The smallest absolute Gasteiger partial charge is 0.296 e. The standard InChI is InChI=1S/C17H25F2NO/c1-2-14-8-10-16(12-20,11-9-14)21-13-17(18,19)15-6-4-3-5-7-15/h3-7,14H,2,8-13,20H2,1H3. The third-order valence-corrected chi connectivity index (χ3v) is 4.72. The third-order valence-electron chi connectivity index (χ3n) is 4.72. The maximum absolute atomic E-state index is 14.2. The summed E-state index contributed by atoms with van der Waals surface area (Å²) in [5.74, 6) is -2.28. The van der Waals surface area contributed by atoms with E-state index in [2.05, 4.69) is 6.92 Å². The Bertz CT molecular complexity index is 428. The molecule has 4 heteroatoms. The van der Waals surface area contributed by atoms with E-state index >= 15 is 0 Å². The Morgan fingerprint density at radius 2 is 1.86 bits per heavy atom. The van der Waals surface area contributed by atoms with Gasteiger partial charge in [0.25, 0.3) is 5.92 Å². The molecular formula is C17H25F2NO. The molecule has 0 aliphatic heterocycles. The monoisotopic (exact) mass is 297 g/mol. The predicted molar refractivity (Wildman–Crippen MR) is 80.3 cm³/mol. The largest absolute Gasteiger partial charge is 0.367 e. The minimum Gasteiger partial charge on any atom is -0.367 e. The first-order valence-corrected chi connectivity index (χ1v) is 7.79. The molecule has 2 N–H and O–H groups in total. The van der Waals surface area contributed by atoms with Crippen LogP contribution < -0.4 is 5.73 Å². The molecule has 1 fully saturated rings. The van der Waals surface area contributed by atoms with Crippen molar-refractivity contribution < 1.29 is 13.5 Å². The van der Waals surface area contributed by atoms with Crippen molar-refractivity contribution in [2.45, 2.75) is 50.6 Å². The quantitative estimate of drug-likeness (QED) is 0.858. The lowest BCUT2D eigenvalue weighted by Crippen LogP contribution is -2.46. The Labute approximate surface area is 125 Å². The van der Waals surface area contributed by atoms with Crippen LogP contribution >= 0.6 is 0 Å². The van der Waals surface area contributed by atoms with Crippen LogP contribution in [-0.4, -0.2) is 18.8 Å². The average Bonchev–Trinajstić information content (AvgIpc) is 2.54. The van der Waals surface area contributed by atoms with Gasteiger partial charge in [0, 0.05) is 12.1 Å². The van der Waals surface area contributed by atoms with E-state index < -0.39 is 18.1 Å². The predicted octanol–water partition coefficient (Wildman–Crippen LogP) is 4.09. The molecule has 21 heavy (non-hydrogen) atoms. The average molecular weight is 297 g/mol. The van der Waals surface area contributed by atoms with Crippen LogP contribution in [0.3, 0.4) is 0 Å². The molecule has 0 radical (unpaired) electrons. The number of hydrogen-bond acceptors (Lipinski definition) is 2. The van der Waals surface area contributed by atoms with E-state index in [1.54, 1.807) is 18.2 Å². The molecule has 1 aliphatic rings. The molecule has 0 saturated heterocycles. The molecule has 0 spiro atoms. The van der Waals surface area contributed by atoms with E-state index in [0.717, 1.165) is 32.1 Å². The molecule has 1 aromatic rings. The molecule has 1 aliphatic carbocycles. The lowest BCUT2D eigenvalue weighted by atomic mass is 9.77. The molecule has 0 bridgehead atoms. The number of rotatable bonds is 6. The first-order chi connectivity index (χ1) is 10.0. The van der Waals surface area contributed by atoms with E-state index in [0.29, 0.717) is 12.5 Å². The van der Waals surface area contributed by atoms with Crippen LogP contribution in [0.1, 0.15) is 44.6 Å². The summed E-state index contributed by atoms with van der Waals surface area (Å²) in [6.07, 6.45) is 4.75. The molecular weight excluding hydrogens is 272 g/mol. The van der Waals surface area contributed by atoms with Crippen molar-refractivity contribution in [3.8, 4) is 0 Å². The Morgan fingerprint density at radius 3 is 2.38 bits per heavy atom. The summed E-state index contributed by atoms with van der Waals surface area (Å²) < 4.78 is 34.0. The Kier molecular flexibility index (Phi) is 5.33. The number of benzene rings is 1. The summed E-state index contributed by atoms with van der Waals surface area (Å²) in [7, 11) is 0. The minimum absolute atomic E-state index is 0.000541. The zero-order valence-corrected chi connectivity index (χ0v) is 12.7. The number of nitrogens with two attached hydrogens (primary N) is 1. The highest BCUT2D eigenvalue weighted by atomic mass is 19.3. The lowest BCUT2D eigenvalue weighted by molar-refractivity contribution is -0.153. The summed E-state index contributed by atoms with van der Waals surface area (Å²) in [5.41, 5.74) is 5.26. The van der Waals surface area contributed by atoms with Gasteiger partial charge in [0.2, 0.25) is 0 Å². The van der Waals surface area contributed by atoms with Gasteiger partial charge in [-0.2, -0.15) is 8.78 Å². The summed E-state index contributed by atoms with van der Waals surface area (Å²) in [6, 6.07) is 7.84. The Balaban J connectivity index is 1.97. The molecule has 0 aromatic heterocycles. The fourth-order valence-corrected chi connectivity index (χ4v) is 3.03. The highest BCUT2D eigenvalue weighted by molar-refractivity contribution is 5.20. The van der Waals surface area contributed by atoms with Crippen LogP contribution in [0.4, 0.5) is 8.78 Å². The molecule has 0 atom stereocenters. The second-order valence-electron chi connectivity index (χ2n) is 6.10. The van der Waals surface area contributed by atoms with Gasteiger partial charge in [-0.3, -0.25) is 0 Å². The van der Waals surface area contributed by atoms with Gasteiger partial charge >= 0.3 is 0 Å². The van der Waals surface area contributed by atoms with Crippen LogP contribution in [0, 0.1) is 5.92 Å². The minimum atomic E-state index is -2.97. The molecule has 1 aromatic carbocycles. The topological polar surface area (TPSA) is 35.2 Å². The maximum Gasteiger partial charge on any atom is 0.296 e. The first kappa shape index (κ1) is 16.4. The van der Waals surface area contributed by atoms with Gasteiger partial charge in [0.15, 0.2) is 0 Å². The van der Waals surface area contributed by atoms with Gasteiger partial charge in [-0.25, -0.2) is 0 Å². The van der Waals surface area contributed by atoms with E-state index in [4.69, 9.17) is 10.5 Å². The van der Waals surface area contributed by atoms with Crippen molar-refractivity contribution in [2.24, 2.45) is 11.7 Å². The van der Waals surface area contributed by atoms with Crippen molar-refractivity contribution in [3.63, 3.8) is 0 Å². The van der Waals surface area contributed by atoms with E-state index in [1.807, 2.05) is 0 Å². The van der Waals surface area contributed by atoms with Gasteiger partial charge < -0.3 is 10.5 Å². The van der Waals surface area contributed by atoms with E-state index in [9.17, 15) is 8.78 Å². The molecule has 0 heterocycles. The van der Waals surface area contributed by atoms with E-state index in [-0.39, 0.29) is 5.56 Å². The van der Waals surface area contributed by atoms with Gasteiger partial charge in [0.05, 0.1) is 5.60 Å². The number of ether oxygens (including phenoxy) is 1. The number of alkyl halides is 2. The first-order valence-electron chi connectivity index (χ1n) is 7.79. The van der Waals surface area contributed by atoms with Gasteiger partial charge in [-0.15, -0.1) is 0 Å². The van der Waals surface area contributed by atoms with Crippen molar-refractivity contribution in [1.29, 1.82) is 0 Å². The fourth-order valence-electron chi connectivity index (χ4n) is 3.03. The number of hydrogen-bond donors (Lipinski definition) is 1. The van der Waals surface area contributed by atoms with Crippen molar-refractivity contribution in [3.05, 3.63) is 35.9 Å². The van der Waals surface area contributed by atoms with Crippen molar-refractivity contribution >= 4 is 0 Å². The lowest BCUT2D eigenvalue weighted by Gasteiger charge is -2.40. The van der Waals surface area contributed by atoms with Crippen molar-refractivity contribution in [1.82, 2.24) is 0 Å². The molecule has 2 rings (SSSR count). The molecule has 118 valence electrons. The third kappa shape index (κ3) is 4.01. The number of halogens is 2. The summed E-state index contributed by atoms with van der Waals surface area (Å²) in [4.78, 5) is 0. The molecule has 1 saturated carbocycles. The highest BCUT2D eigenvalue weighted by Crippen LogP contribution is 2.38. The maximum atomic E-state index is 14.2. The SMILES string of the molecule is CCC1CCC(CN)(OCC(F)(F)c2ccccc2)CC1. The molecule has 0 unspecified atom stereocenters. The fraction of sp³-hybridized carbons (Fsp3) is 0.647. The van der Waals surface area contributed by atoms with Crippen LogP contribution in [0.25, 0.3) is 0 Å². The Morgan fingerprint density at radius 1 is 1.24 bits per heavy atom.